The van der Waals surface area contributed by atoms with Crippen molar-refractivity contribution in [2.24, 2.45) is 5.73 Å². The van der Waals surface area contributed by atoms with Crippen LogP contribution in [0.2, 0.25) is 0 Å². The summed E-state index contributed by atoms with van der Waals surface area (Å²) in [5.74, 6) is -2.10. The smallest absolute Gasteiger partial charge is 0.339 e. The van der Waals surface area contributed by atoms with Crippen LogP contribution in [0.15, 0.2) is 46.9 Å². The summed E-state index contributed by atoms with van der Waals surface area (Å²) in [7, 11) is 0. The highest BCUT2D eigenvalue weighted by atomic mass is 16.6. The molecule has 2 aliphatic rings. The number of hydrogen-bond acceptors (Lipinski definition) is 8. The van der Waals surface area contributed by atoms with Crippen molar-refractivity contribution in [2.45, 2.75) is 39.0 Å². The number of nitrogens with one attached hydrogen (secondary N) is 1. The van der Waals surface area contributed by atoms with Crippen molar-refractivity contribution < 1.29 is 28.6 Å². The van der Waals surface area contributed by atoms with Gasteiger partial charge in [0, 0.05) is 11.3 Å². The molecule has 8 heteroatoms. The van der Waals surface area contributed by atoms with Gasteiger partial charge in [-0.1, -0.05) is 31.5 Å². The maximum absolute atomic E-state index is 13.4. The number of esters is 3. The molecular weight excluding hydrogens is 376 g/mol. The van der Waals surface area contributed by atoms with Crippen molar-refractivity contribution >= 4 is 17.9 Å². The van der Waals surface area contributed by atoms with E-state index in [0.29, 0.717) is 24.1 Å². The summed E-state index contributed by atoms with van der Waals surface area (Å²) >= 11 is 0. The quantitative estimate of drug-likeness (QED) is 0.548. The molecule has 29 heavy (non-hydrogen) atoms. The zero-order valence-electron chi connectivity index (χ0n) is 16.7. The van der Waals surface area contributed by atoms with E-state index in [9.17, 15) is 14.4 Å². The summed E-state index contributed by atoms with van der Waals surface area (Å²) in [6, 6.07) is 6.64. The third kappa shape index (κ3) is 3.04. The highest BCUT2D eigenvalue weighted by Gasteiger charge is 2.62. The molecule has 1 spiro atoms. The van der Waals surface area contributed by atoms with E-state index in [0.717, 1.165) is 0 Å². The predicted molar refractivity (Wildman–Crippen MR) is 103 cm³/mol. The van der Waals surface area contributed by atoms with Gasteiger partial charge in [-0.3, -0.25) is 0 Å². The molecule has 0 saturated heterocycles. The van der Waals surface area contributed by atoms with Crippen molar-refractivity contribution in [1.82, 2.24) is 5.32 Å². The second-order valence-electron chi connectivity index (χ2n) is 6.59. The number of carbonyl (C=O) groups is 3. The third-order valence-electron chi connectivity index (χ3n) is 4.87. The highest BCUT2D eigenvalue weighted by Crippen LogP contribution is 2.52. The van der Waals surface area contributed by atoms with Crippen molar-refractivity contribution in [1.29, 1.82) is 0 Å². The number of carbonyl (C=O) groups excluding carboxylic acids is 3. The first kappa shape index (κ1) is 20.4. The molecule has 0 saturated carbocycles. The molecule has 1 atom stereocenters. The van der Waals surface area contributed by atoms with Crippen LogP contribution < -0.4 is 15.8 Å². The summed E-state index contributed by atoms with van der Waals surface area (Å²) in [4.78, 5) is 39.4. The van der Waals surface area contributed by atoms with E-state index in [-0.39, 0.29) is 35.9 Å². The topological polar surface area (TPSA) is 117 Å². The van der Waals surface area contributed by atoms with Gasteiger partial charge in [-0.2, -0.15) is 0 Å². The first-order valence-electron chi connectivity index (χ1n) is 9.60. The molecule has 0 aromatic heterocycles. The van der Waals surface area contributed by atoms with Gasteiger partial charge < -0.3 is 25.3 Å². The number of benzene rings is 1. The predicted octanol–water partition coefficient (Wildman–Crippen LogP) is 1.80. The van der Waals surface area contributed by atoms with Crippen LogP contribution in [0.3, 0.4) is 0 Å². The molecule has 2 aliphatic heterocycles. The summed E-state index contributed by atoms with van der Waals surface area (Å²) in [5.41, 5.74) is 4.98. The Balaban J connectivity index is 2.39. The van der Waals surface area contributed by atoms with Gasteiger partial charge in [0.05, 0.1) is 18.8 Å². The minimum absolute atomic E-state index is 0.00778. The lowest BCUT2D eigenvalue weighted by Gasteiger charge is -2.36. The molecule has 1 aromatic carbocycles. The summed E-state index contributed by atoms with van der Waals surface area (Å²) in [6.07, 6.45) is 1.09. The maximum atomic E-state index is 13.4. The Kier molecular flexibility index (Phi) is 5.63. The molecule has 0 radical (unpaired) electrons. The van der Waals surface area contributed by atoms with Gasteiger partial charge in [0.25, 0.3) is 0 Å². The minimum atomic E-state index is -1.85. The average molecular weight is 400 g/mol. The highest BCUT2D eigenvalue weighted by molar-refractivity contribution is 6.15. The summed E-state index contributed by atoms with van der Waals surface area (Å²) < 4.78 is 15.9. The molecule has 0 bridgehead atoms. The van der Waals surface area contributed by atoms with Gasteiger partial charge in [-0.05, 0) is 26.3 Å². The Labute approximate surface area is 168 Å². The summed E-state index contributed by atoms with van der Waals surface area (Å²) in [6.45, 7) is 5.40. The Morgan fingerprint density at radius 1 is 1.07 bits per heavy atom. The lowest BCUT2D eigenvalue weighted by Crippen LogP contribution is -2.51. The van der Waals surface area contributed by atoms with E-state index in [1.54, 1.807) is 38.1 Å². The van der Waals surface area contributed by atoms with E-state index in [2.05, 4.69) is 5.32 Å². The molecule has 2 heterocycles. The monoisotopic (exact) mass is 400 g/mol. The van der Waals surface area contributed by atoms with Crippen molar-refractivity contribution in [3.8, 4) is 5.75 Å². The van der Waals surface area contributed by atoms with Gasteiger partial charge in [-0.15, -0.1) is 0 Å². The van der Waals surface area contributed by atoms with Gasteiger partial charge >= 0.3 is 17.9 Å². The molecule has 0 unspecified atom stereocenters. The van der Waals surface area contributed by atoms with Crippen LogP contribution in [0.5, 0.6) is 5.75 Å². The van der Waals surface area contributed by atoms with Gasteiger partial charge in [0.1, 0.15) is 17.1 Å². The number of ether oxygens (including phenoxy) is 3. The van der Waals surface area contributed by atoms with Crippen molar-refractivity contribution in [2.75, 3.05) is 13.2 Å². The fraction of sp³-hybridized carbons (Fsp3) is 0.381. The number of allylic oxidation sites excluding steroid dienone is 1. The first-order chi connectivity index (χ1) is 13.9. The Bertz CT molecular complexity index is 933. The fourth-order valence-electron chi connectivity index (χ4n) is 3.85. The lowest BCUT2D eigenvalue weighted by atomic mass is 9.66. The molecule has 1 aromatic rings. The number of dihydropyridines is 1. The Morgan fingerprint density at radius 2 is 1.69 bits per heavy atom. The van der Waals surface area contributed by atoms with Gasteiger partial charge in [0.2, 0.25) is 0 Å². The number of fused-ring (bicyclic) bond motifs is 2. The van der Waals surface area contributed by atoms with Crippen LogP contribution in [-0.4, -0.2) is 31.1 Å². The Morgan fingerprint density at radius 3 is 2.31 bits per heavy atom. The molecule has 3 N–H and O–H groups in total. The van der Waals surface area contributed by atoms with Crippen LogP contribution in [0, 0.1) is 0 Å². The van der Waals surface area contributed by atoms with Gasteiger partial charge in [-0.25, -0.2) is 14.4 Å². The molecule has 154 valence electrons. The van der Waals surface area contributed by atoms with Crippen molar-refractivity contribution in [3.05, 3.63) is 52.5 Å². The van der Waals surface area contributed by atoms with Gasteiger partial charge in [0.15, 0.2) is 5.41 Å². The van der Waals surface area contributed by atoms with Crippen molar-refractivity contribution in [3.63, 3.8) is 0 Å². The minimum Gasteiger partial charge on any atom is -0.463 e. The van der Waals surface area contributed by atoms with E-state index in [1.165, 1.54) is 0 Å². The zero-order chi connectivity index (χ0) is 21.2. The average Bonchev–Trinajstić information content (AvgIpc) is 2.95. The number of hydrogen-bond donors (Lipinski definition) is 2. The molecule has 0 fully saturated rings. The maximum Gasteiger partial charge on any atom is 0.339 e. The second kappa shape index (κ2) is 7.98. The fourth-order valence-corrected chi connectivity index (χ4v) is 3.85. The van der Waals surface area contributed by atoms with Crippen LogP contribution in [0.25, 0.3) is 0 Å². The molecule has 0 aliphatic carbocycles. The molecule has 3 rings (SSSR count). The SMILES string of the molecule is CCCC1=C(C(=O)OCC)[C@@]2(C(=O)Oc3ccccc32)C(C(=O)OCC)=C(N)N1. The zero-order valence-corrected chi connectivity index (χ0v) is 16.7. The summed E-state index contributed by atoms with van der Waals surface area (Å²) in [5, 5.41) is 2.93. The van der Waals surface area contributed by atoms with E-state index in [4.69, 9.17) is 19.9 Å². The van der Waals surface area contributed by atoms with E-state index >= 15 is 0 Å². The van der Waals surface area contributed by atoms with E-state index in [1.807, 2.05) is 6.92 Å². The third-order valence-corrected chi connectivity index (χ3v) is 4.87. The molecule has 0 amide bonds. The van der Waals surface area contributed by atoms with Crippen LogP contribution in [-0.2, 0) is 29.3 Å². The number of nitrogens with two attached hydrogens (primary N) is 1. The molecule has 8 nitrogen and oxygen atoms in total. The lowest BCUT2D eigenvalue weighted by molar-refractivity contribution is -0.146. The normalized spacial score (nSPS) is 20.3. The van der Waals surface area contributed by atoms with E-state index < -0.39 is 23.3 Å². The molecular formula is C21H24N2O6. The number of para-hydroxylation sites is 1. The van der Waals surface area contributed by atoms with Crippen LogP contribution in [0.4, 0.5) is 0 Å². The Hall–Kier alpha value is -3.29. The second-order valence-corrected chi connectivity index (χ2v) is 6.59. The largest absolute Gasteiger partial charge is 0.463 e. The van der Waals surface area contributed by atoms with Crippen LogP contribution >= 0.6 is 0 Å². The number of rotatable bonds is 6. The first-order valence-corrected chi connectivity index (χ1v) is 9.60. The van der Waals surface area contributed by atoms with Crippen LogP contribution in [0.1, 0.15) is 39.2 Å². The standard InChI is InChI=1S/C21H24N2O6/c1-4-9-13-15(18(24)27-5-2)21(16(17(22)23-13)19(25)28-6-3)12-10-7-8-11-14(12)29-20(21)26/h7-8,10-11,23H,4-6,9,22H2,1-3H3/t21-/m1/s1.